The van der Waals surface area contributed by atoms with Crippen LogP contribution in [-0.2, 0) is 4.74 Å². The lowest BCUT2D eigenvalue weighted by molar-refractivity contribution is 0.387. The van der Waals surface area contributed by atoms with E-state index in [1.165, 1.54) is 11.1 Å². The molecule has 0 aliphatic carbocycles. The molecule has 0 heterocycles. The van der Waals surface area contributed by atoms with Crippen LogP contribution in [0.1, 0.15) is 39.5 Å². The van der Waals surface area contributed by atoms with Crippen LogP contribution >= 0.6 is 23.2 Å². The van der Waals surface area contributed by atoms with Crippen LogP contribution in [0.25, 0.3) is 0 Å². The zero-order valence-corrected chi connectivity index (χ0v) is 11.1. The first-order chi connectivity index (χ1) is 7.28. The zero-order chi connectivity index (χ0) is 11.5. The molecule has 0 saturated carbocycles. The van der Waals surface area contributed by atoms with Gasteiger partial charge in [-0.05, 0) is 36.8 Å². The molecular weight excluding hydrogens is 231 g/mol. The Bertz CT molecular complexity index is 188. The molecule has 0 saturated heterocycles. The van der Waals surface area contributed by atoms with Gasteiger partial charge in [-0.2, -0.15) is 0 Å². The summed E-state index contributed by atoms with van der Waals surface area (Å²) in [4.78, 5) is 0. The molecule has 0 aromatic carbocycles. The van der Waals surface area contributed by atoms with Crippen LogP contribution in [0, 0.1) is 0 Å². The minimum atomic E-state index is 0.648. The van der Waals surface area contributed by atoms with Crippen molar-refractivity contribution in [2.75, 3.05) is 11.8 Å². The van der Waals surface area contributed by atoms with Crippen LogP contribution in [-0.4, -0.2) is 11.8 Å². The Morgan fingerprint density at radius 2 is 1.33 bits per heavy atom. The van der Waals surface area contributed by atoms with Gasteiger partial charge in [0, 0.05) is 11.8 Å². The lowest BCUT2D eigenvalue weighted by Crippen LogP contribution is -1.87. The van der Waals surface area contributed by atoms with Gasteiger partial charge in [-0.25, -0.2) is 0 Å². The predicted molar refractivity (Wildman–Crippen MR) is 68.5 cm³/mol. The number of alkyl halides is 2. The number of hydrogen-bond acceptors (Lipinski definition) is 1. The molecule has 0 unspecified atom stereocenters. The van der Waals surface area contributed by atoms with Gasteiger partial charge in [0.15, 0.2) is 0 Å². The predicted octanol–water partition coefficient (Wildman–Crippen LogP) is 4.85. The van der Waals surface area contributed by atoms with E-state index < -0.39 is 0 Å². The van der Waals surface area contributed by atoms with E-state index in [1.807, 2.05) is 0 Å². The average molecular weight is 251 g/mol. The van der Waals surface area contributed by atoms with E-state index >= 15 is 0 Å². The van der Waals surface area contributed by atoms with Gasteiger partial charge in [0.2, 0.25) is 0 Å². The second-order valence-corrected chi connectivity index (χ2v) is 4.03. The summed E-state index contributed by atoms with van der Waals surface area (Å²) in [6, 6.07) is 0. The van der Waals surface area contributed by atoms with E-state index in [9.17, 15) is 0 Å². The van der Waals surface area contributed by atoms with E-state index in [0.717, 1.165) is 25.7 Å². The SMILES string of the molecule is CCC(=COC=C(CC)CCCl)CCCl. The number of halogens is 2. The quantitative estimate of drug-likeness (QED) is 0.442. The second-order valence-electron chi connectivity index (χ2n) is 3.27. The van der Waals surface area contributed by atoms with Gasteiger partial charge in [0.1, 0.15) is 0 Å². The van der Waals surface area contributed by atoms with E-state index in [2.05, 4.69) is 13.8 Å². The Labute approximate surface area is 103 Å². The monoisotopic (exact) mass is 250 g/mol. The van der Waals surface area contributed by atoms with Gasteiger partial charge < -0.3 is 4.74 Å². The first-order valence-corrected chi connectivity index (χ1v) is 6.48. The largest absolute Gasteiger partial charge is 0.473 e. The first-order valence-electron chi connectivity index (χ1n) is 5.41. The number of rotatable bonds is 8. The highest BCUT2D eigenvalue weighted by atomic mass is 35.5. The molecule has 3 heteroatoms. The Hall–Kier alpha value is -0.140. The zero-order valence-electron chi connectivity index (χ0n) is 9.56. The molecule has 0 aromatic rings. The first kappa shape index (κ1) is 14.9. The average Bonchev–Trinajstić information content (AvgIpc) is 2.26. The summed E-state index contributed by atoms with van der Waals surface area (Å²) in [7, 11) is 0. The smallest absolute Gasteiger partial charge is 0.0893 e. The van der Waals surface area contributed by atoms with Crippen LogP contribution < -0.4 is 0 Å². The molecule has 0 amide bonds. The van der Waals surface area contributed by atoms with Crippen LogP contribution in [0.4, 0.5) is 0 Å². The molecule has 0 aliphatic heterocycles. The Morgan fingerprint density at radius 3 is 1.60 bits per heavy atom. The number of ether oxygens (including phenoxy) is 1. The fourth-order valence-corrected chi connectivity index (χ4v) is 1.59. The molecule has 0 atom stereocenters. The maximum Gasteiger partial charge on any atom is 0.0893 e. The summed E-state index contributed by atoms with van der Waals surface area (Å²) in [5, 5.41) is 0. The second kappa shape index (κ2) is 10.4. The molecule has 0 aliphatic rings. The van der Waals surface area contributed by atoms with Crippen molar-refractivity contribution in [3.05, 3.63) is 23.7 Å². The minimum Gasteiger partial charge on any atom is -0.473 e. The van der Waals surface area contributed by atoms with Gasteiger partial charge in [0.05, 0.1) is 12.5 Å². The summed E-state index contributed by atoms with van der Waals surface area (Å²) in [5.41, 5.74) is 2.48. The summed E-state index contributed by atoms with van der Waals surface area (Å²) in [6.07, 6.45) is 7.35. The molecule has 0 spiro atoms. The molecular formula is C12H20Cl2O. The normalized spacial score (nSPS) is 13.1. The van der Waals surface area contributed by atoms with Gasteiger partial charge in [-0.3, -0.25) is 0 Å². The van der Waals surface area contributed by atoms with Crippen molar-refractivity contribution in [2.45, 2.75) is 39.5 Å². The van der Waals surface area contributed by atoms with Gasteiger partial charge in [-0.15, -0.1) is 23.2 Å². The Balaban J connectivity index is 4.09. The fourth-order valence-electron chi connectivity index (χ4n) is 1.11. The lowest BCUT2D eigenvalue weighted by Gasteiger charge is -2.03. The molecule has 1 nitrogen and oxygen atoms in total. The third-order valence-electron chi connectivity index (χ3n) is 2.21. The fraction of sp³-hybridized carbons (Fsp3) is 0.667. The molecule has 0 bridgehead atoms. The van der Waals surface area contributed by atoms with E-state index in [4.69, 9.17) is 27.9 Å². The van der Waals surface area contributed by atoms with Crippen molar-refractivity contribution in [3.8, 4) is 0 Å². The summed E-state index contributed by atoms with van der Waals surface area (Å²) >= 11 is 11.3. The van der Waals surface area contributed by atoms with Crippen LogP contribution in [0.5, 0.6) is 0 Å². The topological polar surface area (TPSA) is 9.23 Å². The molecule has 0 radical (unpaired) electrons. The summed E-state index contributed by atoms with van der Waals surface area (Å²) in [5.74, 6) is 1.30. The Kier molecular flexibility index (Phi) is 10.3. The van der Waals surface area contributed by atoms with E-state index in [1.54, 1.807) is 12.5 Å². The molecule has 0 N–H and O–H groups in total. The molecule has 88 valence electrons. The maximum absolute atomic E-state index is 5.66. The number of hydrogen-bond donors (Lipinski definition) is 0. The number of allylic oxidation sites excluding steroid dienone is 2. The van der Waals surface area contributed by atoms with Crippen molar-refractivity contribution in [1.29, 1.82) is 0 Å². The van der Waals surface area contributed by atoms with Gasteiger partial charge in [0.25, 0.3) is 0 Å². The minimum absolute atomic E-state index is 0.648. The maximum atomic E-state index is 5.66. The highest BCUT2D eigenvalue weighted by Crippen LogP contribution is 2.11. The van der Waals surface area contributed by atoms with Crippen molar-refractivity contribution in [3.63, 3.8) is 0 Å². The molecule has 0 fully saturated rings. The van der Waals surface area contributed by atoms with Gasteiger partial charge >= 0.3 is 0 Å². The van der Waals surface area contributed by atoms with Gasteiger partial charge in [-0.1, -0.05) is 13.8 Å². The Morgan fingerprint density at radius 1 is 0.933 bits per heavy atom. The van der Waals surface area contributed by atoms with E-state index in [0.29, 0.717) is 11.8 Å². The third-order valence-corrected chi connectivity index (χ3v) is 2.59. The summed E-state index contributed by atoms with van der Waals surface area (Å²) in [6.45, 7) is 4.20. The van der Waals surface area contributed by atoms with Crippen molar-refractivity contribution in [2.24, 2.45) is 0 Å². The molecule has 0 aromatic heterocycles. The highest BCUT2D eigenvalue weighted by Gasteiger charge is 1.95. The molecule has 0 rings (SSSR count). The van der Waals surface area contributed by atoms with Crippen LogP contribution in [0.15, 0.2) is 23.7 Å². The van der Waals surface area contributed by atoms with E-state index in [-0.39, 0.29) is 0 Å². The van der Waals surface area contributed by atoms with Crippen LogP contribution in [0.3, 0.4) is 0 Å². The van der Waals surface area contributed by atoms with Crippen LogP contribution in [0.2, 0.25) is 0 Å². The van der Waals surface area contributed by atoms with Crippen molar-refractivity contribution in [1.82, 2.24) is 0 Å². The standard InChI is InChI=1S/C12H20Cl2O/c1-3-11(5-7-13)9-15-10-12(4-2)6-8-14/h9-10H,3-8H2,1-2H3. The summed E-state index contributed by atoms with van der Waals surface area (Å²) < 4.78 is 5.40. The van der Waals surface area contributed by atoms with Crippen molar-refractivity contribution < 1.29 is 4.74 Å². The highest BCUT2D eigenvalue weighted by molar-refractivity contribution is 6.18. The van der Waals surface area contributed by atoms with Crippen molar-refractivity contribution >= 4 is 23.2 Å². The molecule has 15 heavy (non-hydrogen) atoms. The third kappa shape index (κ3) is 7.75. The lowest BCUT2D eigenvalue weighted by atomic mass is 10.2.